The Labute approximate surface area is 222 Å². The van der Waals surface area contributed by atoms with Gasteiger partial charge in [0.15, 0.2) is 17.3 Å². The molecular weight excluding hydrogens is 499 g/mol. The first kappa shape index (κ1) is 24.2. The lowest BCUT2D eigenvalue weighted by Crippen LogP contribution is -2.33. The van der Waals surface area contributed by atoms with Crippen LogP contribution in [0.25, 0.3) is 22.3 Å². The molecule has 0 radical (unpaired) electrons. The van der Waals surface area contributed by atoms with Crippen molar-refractivity contribution in [3.05, 3.63) is 91.2 Å². The summed E-state index contributed by atoms with van der Waals surface area (Å²) in [5, 5.41) is 7.25. The number of hydrogen-bond donors (Lipinski definition) is 1. The number of ether oxygens (including phenoxy) is 1. The molecule has 1 N–H and O–H groups in total. The van der Waals surface area contributed by atoms with E-state index in [2.05, 4.69) is 36.9 Å². The van der Waals surface area contributed by atoms with Gasteiger partial charge in [0.1, 0.15) is 34.5 Å². The SMILES string of the molecule is C=CC(=O)N1CC=C(c2ncc3ncc(F)c(Nc4ccc(Oc5ccn6ncnc6c5)c(C)c4)c3n2)CC1. The van der Waals surface area contributed by atoms with Gasteiger partial charge in [0.2, 0.25) is 5.91 Å². The van der Waals surface area contributed by atoms with E-state index in [1.54, 1.807) is 40.0 Å². The Bertz CT molecular complexity index is 1780. The molecular formula is C28H23FN8O2. The number of hydrogen-bond acceptors (Lipinski definition) is 8. The van der Waals surface area contributed by atoms with Crippen LogP contribution in [0.5, 0.6) is 11.5 Å². The van der Waals surface area contributed by atoms with Crippen molar-refractivity contribution in [3.63, 3.8) is 0 Å². The lowest BCUT2D eigenvalue weighted by molar-refractivity contribution is -0.125. The van der Waals surface area contributed by atoms with Crippen molar-refractivity contribution in [3.8, 4) is 11.5 Å². The molecule has 4 aromatic heterocycles. The third kappa shape index (κ3) is 4.77. The molecule has 11 heteroatoms. The van der Waals surface area contributed by atoms with Gasteiger partial charge in [0.05, 0.1) is 12.4 Å². The Hall–Kier alpha value is -5.19. The second kappa shape index (κ2) is 9.93. The minimum absolute atomic E-state index is 0.120. The van der Waals surface area contributed by atoms with Crippen molar-refractivity contribution < 1.29 is 13.9 Å². The maximum atomic E-state index is 15.0. The van der Waals surface area contributed by atoms with Crippen LogP contribution < -0.4 is 10.1 Å². The van der Waals surface area contributed by atoms with Gasteiger partial charge >= 0.3 is 0 Å². The molecule has 1 aromatic carbocycles. The summed E-state index contributed by atoms with van der Waals surface area (Å²) in [6, 6.07) is 9.09. The number of anilines is 2. The van der Waals surface area contributed by atoms with Gasteiger partial charge in [0, 0.05) is 31.0 Å². The fraction of sp³-hybridized carbons (Fsp3) is 0.143. The van der Waals surface area contributed by atoms with Crippen LogP contribution in [0.1, 0.15) is 17.8 Å². The van der Waals surface area contributed by atoms with Gasteiger partial charge in [-0.1, -0.05) is 12.7 Å². The topological polar surface area (TPSA) is 110 Å². The Morgan fingerprint density at radius 1 is 1.18 bits per heavy atom. The molecule has 0 atom stereocenters. The molecule has 6 rings (SSSR count). The number of benzene rings is 1. The number of amides is 1. The number of halogens is 1. The fourth-order valence-corrected chi connectivity index (χ4v) is 4.41. The zero-order valence-electron chi connectivity index (χ0n) is 21.0. The van der Waals surface area contributed by atoms with E-state index in [1.807, 2.05) is 25.1 Å². The van der Waals surface area contributed by atoms with E-state index in [9.17, 15) is 4.79 Å². The maximum Gasteiger partial charge on any atom is 0.246 e. The summed E-state index contributed by atoms with van der Waals surface area (Å²) >= 11 is 0. The van der Waals surface area contributed by atoms with E-state index in [0.717, 1.165) is 17.3 Å². The predicted molar refractivity (Wildman–Crippen MR) is 144 cm³/mol. The zero-order valence-corrected chi connectivity index (χ0v) is 21.0. The Balaban J connectivity index is 1.26. The first-order valence-electron chi connectivity index (χ1n) is 12.3. The number of aryl methyl sites for hydroxylation is 1. The van der Waals surface area contributed by atoms with Crippen molar-refractivity contribution in [1.82, 2.24) is 34.4 Å². The van der Waals surface area contributed by atoms with Crippen molar-refractivity contribution in [1.29, 1.82) is 0 Å². The van der Waals surface area contributed by atoms with Crippen LogP contribution in [0.2, 0.25) is 0 Å². The Morgan fingerprint density at radius 2 is 2.08 bits per heavy atom. The van der Waals surface area contributed by atoms with Crippen molar-refractivity contribution in [2.45, 2.75) is 13.3 Å². The van der Waals surface area contributed by atoms with Crippen LogP contribution in [0.15, 0.2) is 74.0 Å². The highest BCUT2D eigenvalue weighted by Crippen LogP contribution is 2.32. The largest absolute Gasteiger partial charge is 0.457 e. The van der Waals surface area contributed by atoms with E-state index in [0.29, 0.717) is 59.2 Å². The summed E-state index contributed by atoms with van der Waals surface area (Å²) in [6.07, 6.45) is 9.78. The first-order chi connectivity index (χ1) is 19.0. The minimum atomic E-state index is -0.535. The highest BCUT2D eigenvalue weighted by molar-refractivity contribution is 5.90. The summed E-state index contributed by atoms with van der Waals surface area (Å²) in [4.78, 5) is 31.0. The summed E-state index contributed by atoms with van der Waals surface area (Å²) in [7, 11) is 0. The van der Waals surface area contributed by atoms with E-state index < -0.39 is 5.82 Å². The molecule has 194 valence electrons. The third-order valence-electron chi connectivity index (χ3n) is 6.47. The van der Waals surface area contributed by atoms with Gasteiger partial charge in [0.25, 0.3) is 0 Å². The number of rotatable bonds is 6. The molecule has 10 nitrogen and oxygen atoms in total. The summed E-state index contributed by atoms with van der Waals surface area (Å²) in [5.74, 6) is 1.11. The second-order valence-corrected chi connectivity index (χ2v) is 9.01. The molecule has 5 aromatic rings. The minimum Gasteiger partial charge on any atom is -0.457 e. The molecule has 0 fully saturated rings. The predicted octanol–water partition coefficient (Wildman–Crippen LogP) is 4.85. The van der Waals surface area contributed by atoms with Gasteiger partial charge in [-0.3, -0.25) is 4.79 Å². The lowest BCUT2D eigenvalue weighted by Gasteiger charge is -2.24. The van der Waals surface area contributed by atoms with Crippen molar-refractivity contribution >= 4 is 39.5 Å². The van der Waals surface area contributed by atoms with Crippen LogP contribution >= 0.6 is 0 Å². The normalized spacial score (nSPS) is 13.4. The smallest absolute Gasteiger partial charge is 0.246 e. The van der Waals surface area contributed by atoms with Crippen LogP contribution in [0.4, 0.5) is 15.8 Å². The molecule has 1 aliphatic rings. The molecule has 1 amide bonds. The van der Waals surface area contributed by atoms with E-state index in [1.165, 1.54) is 12.4 Å². The summed E-state index contributed by atoms with van der Waals surface area (Å²) < 4.78 is 22.7. The molecule has 39 heavy (non-hydrogen) atoms. The van der Waals surface area contributed by atoms with Gasteiger partial charge in [-0.2, -0.15) is 5.10 Å². The molecule has 0 saturated carbocycles. The van der Waals surface area contributed by atoms with Crippen LogP contribution in [-0.2, 0) is 4.79 Å². The summed E-state index contributed by atoms with van der Waals surface area (Å²) in [6.45, 7) is 6.42. The number of fused-ring (bicyclic) bond motifs is 2. The van der Waals surface area contributed by atoms with E-state index >= 15 is 4.39 Å². The Kier molecular flexibility index (Phi) is 6.16. The van der Waals surface area contributed by atoms with Crippen LogP contribution in [0.3, 0.4) is 0 Å². The number of nitrogens with one attached hydrogen (secondary N) is 1. The number of carbonyl (C=O) groups is 1. The first-order valence-corrected chi connectivity index (χ1v) is 12.3. The van der Waals surface area contributed by atoms with E-state index in [-0.39, 0.29) is 11.6 Å². The highest BCUT2D eigenvalue weighted by Gasteiger charge is 2.19. The monoisotopic (exact) mass is 522 g/mol. The fourth-order valence-electron chi connectivity index (χ4n) is 4.41. The average Bonchev–Trinajstić information content (AvgIpc) is 3.43. The van der Waals surface area contributed by atoms with Gasteiger partial charge in [-0.15, -0.1) is 0 Å². The van der Waals surface area contributed by atoms with Gasteiger partial charge in [-0.25, -0.2) is 28.8 Å². The van der Waals surface area contributed by atoms with E-state index in [4.69, 9.17) is 4.74 Å². The van der Waals surface area contributed by atoms with Crippen LogP contribution in [-0.4, -0.2) is 53.4 Å². The van der Waals surface area contributed by atoms with Gasteiger partial charge in [-0.05, 0) is 54.8 Å². The molecule has 0 unspecified atom stereocenters. The summed E-state index contributed by atoms with van der Waals surface area (Å²) in [5.41, 5.74) is 4.11. The molecule has 0 saturated heterocycles. The van der Waals surface area contributed by atoms with Crippen LogP contribution in [0, 0.1) is 12.7 Å². The quantitative estimate of drug-likeness (QED) is 0.315. The maximum absolute atomic E-state index is 15.0. The third-order valence-corrected chi connectivity index (χ3v) is 6.47. The van der Waals surface area contributed by atoms with Crippen molar-refractivity contribution in [2.24, 2.45) is 0 Å². The number of aromatic nitrogens is 6. The molecule has 0 aliphatic carbocycles. The molecule has 5 heterocycles. The zero-order chi connectivity index (χ0) is 26.9. The van der Waals surface area contributed by atoms with Crippen molar-refractivity contribution in [2.75, 3.05) is 18.4 Å². The molecule has 0 spiro atoms. The lowest BCUT2D eigenvalue weighted by atomic mass is 10.1. The number of pyridine rings is 2. The molecule has 1 aliphatic heterocycles. The number of carbonyl (C=O) groups excluding carboxylic acids is 1. The standard InChI is InChI=1S/C28H23FN8O2/c1-3-25(38)36-9-6-18(7-10-36)28-31-15-22-27(35-28)26(21(29)14-30-22)34-19-4-5-23(17(2)12-19)39-20-8-11-37-24(13-20)32-16-33-37/h3-6,8,11-16H,1,7,9-10H2,2H3,(H,30,34). The van der Waals surface area contributed by atoms with Gasteiger partial charge < -0.3 is 15.0 Å². The number of nitrogens with zero attached hydrogens (tertiary/aromatic N) is 7. The second-order valence-electron chi connectivity index (χ2n) is 9.01. The molecule has 0 bridgehead atoms. The Morgan fingerprint density at radius 3 is 2.87 bits per heavy atom. The average molecular weight is 523 g/mol. The highest BCUT2D eigenvalue weighted by atomic mass is 19.1.